The van der Waals surface area contributed by atoms with Gasteiger partial charge >= 0.3 is 0 Å². The van der Waals surface area contributed by atoms with Gasteiger partial charge in [-0.25, -0.2) is 17.5 Å². The molecule has 0 aromatic heterocycles. The van der Waals surface area contributed by atoms with Gasteiger partial charge in [0.2, 0.25) is 10.0 Å². The highest BCUT2D eigenvalue weighted by Gasteiger charge is 2.16. The van der Waals surface area contributed by atoms with Crippen molar-refractivity contribution in [2.24, 2.45) is 0 Å². The standard InChI is InChI=1S/C12H17ClFNO2S/c1-9-4-5-11(8-12(9)14)10(2)15-18(16,17)7-3-6-13/h4-5,8,10,15H,3,6-7H2,1-2H3. The van der Waals surface area contributed by atoms with E-state index < -0.39 is 16.1 Å². The predicted octanol–water partition coefficient (Wildman–Crippen LogP) is 2.74. The van der Waals surface area contributed by atoms with Crippen molar-refractivity contribution in [3.05, 3.63) is 35.1 Å². The van der Waals surface area contributed by atoms with Crippen LogP contribution in [0.25, 0.3) is 0 Å². The topological polar surface area (TPSA) is 46.2 Å². The smallest absolute Gasteiger partial charge is 0.212 e. The molecule has 1 atom stereocenters. The van der Waals surface area contributed by atoms with Crippen molar-refractivity contribution in [1.29, 1.82) is 0 Å². The van der Waals surface area contributed by atoms with E-state index in [-0.39, 0.29) is 11.6 Å². The second-order valence-corrected chi connectivity index (χ2v) is 6.46. The molecular formula is C12H17ClFNO2S. The minimum atomic E-state index is -3.37. The van der Waals surface area contributed by atoms with E-state index in [9.17, 15) is 12.8 Å². The zero-order valence-corrected chi connectivity index (χ0v) is 12.0. The minimum absolute atomic E-state index is 0.0187. The van der Waals surface area contributed by atoms with E-state index >= 15 is 0 Å². The summed E-state index contributed by atoms with van der Waals surface area (Å²) in [4.78, 5) is 0. The average molecular weight is 294 g/mol. The molecule has 0 saturated heterocycles. The highest BCUT2D eigenvalue weighted by atomic mass is 35.5. The summed E-state index contributed by atoms with van der Waals surface area (Å²) in [5.41, 5.74) is 1.14. The van der Waals surface area contributed by atoms with Gasteiger partial charge in [0.05, 0.1) is 5.75 Å². The SMILES string of the molecule is Cc1ccc(C(C)NS(=O)(=O)CCCCl)cc1F. The Hall–Kier alpha value is -0.650. The van der Waals surface area contributed by atoms with Crippen molar-refractivity contribution >= 4 is 21.6 Å². The van der Waals surface area contributed by atoms with Gasteiger partial charge in [0.15, 0.2) is 0 Å². The van der Waals surface area contributed by atoms with Gasteiger partial charge < -0.3 is 0 Å². The average Bonchev–Trinajstić information content (AvgIpc) is 2.29. The van der Waals surface area contributed by atoms with Gasteiger partial charge in [-0.1, -0.05) is 12.1 Å². The monoisotopic (exact) mass is 293 g/mol. The fraction of sp³-hybridized carbons (Fsp3) is 0.500. The molecular weight excluding hydrogens is 277 g/mol. The van der Waals surface area contributed by atoms with Crippen LogP contribution in [0.1, 0.15) is 30.5 Å². The Balaban J connectivity index is 2.75. The normalized spacial score (nSPS) is 13.6. The fourth-order valence-corrected chi connectivity index (χ4v) is 3.13. The number of benzene rings is 1. The first-order chi connectivity index (χ1) is 8.35. The first-order valence-corrected chi connectivity index (χ1v) is 7.86. The highest BCUT2D eigenvalue weighted by Crippen LogP contribution is 2.17. The molecule has 0 amide bonds. The molecule has 3 nitrogen and oxygen atoms in total. The summed E-state index contributed by atoms with van der Waals surface area (Å²) in [6.07, 6.45) is 0.395. The molecule has 102 valence electrons. The van der Waals surface area contributed by atoms with Crippen LogP contribution in [-0.2, 0) is 10.0 Å². The Morgan fingerprint density at radius 2 is 2.11 bits per heavy atom. The van der Waals surface area contributed by atoms with E-state index in [0.717, 1.165) is 0 Å². The van der Waals surface area contributed by atoms with Crippen LogP contribution in [-0.4, -0.2) is 20.1 Å². The second kappa shape index (κ2) is 6.50. The van der Waals surface area contributed by atoms with Crippen molar-refractivity contribution in [3.63, 3.8) is 0 Å². The van der Waals surface area contributed by atoms with Crippen molar-refractivity contribution in [3.8, 4) is 0 Å². The first-order valence-electron chi connectivity index (χ1n) is 5.68. The molecule has 0 fully saturated rings. The highest BCUT2D eigenvalue weighted by molar-refractivity contribution is 7.89. The molecule has 1 N–H and O–H groups in total. The van der Waals surface area contributed by atoms with Crippen LogP contribution in [0.4, 0.5) is 4.39 Å². The lowest BCUT2D eigenvalue weighted by Crippen LogP contribution is -2.29. The molecule has 0 heterocycles. The molecule has 1 aromatic carbocycles. The van der Waals surface area contributed by atoms with Crippen LogP contribution in [0.5, 0.6) is 0 Å². The number of hydrogen-bond acceptors (Lipinski definition) is 2. The molecule has 1 unspecified atom stereocenters. The first kappa shape index (κ1) is 15.4. The number of alkyl halides is 1. The maximum Gasteiger partial charge on any atom is 0.212 e. The van der Waals surface area contributed by atoms with Gasteiger partial charge in [0.25, 0.3) is 0 Å². The van der Waals surface area contributed by atoms with Crippen LogP contribution in [0.2, 0.25) is 0 Å². The summed E-state index contributed by atoms with van der Waals surface area (Å²) in [6, 6.07) is 4.24. The van der Waals surface area contributed by atoms with Crippen LogP contribution in [0.3, 0.4) is 0 Å². The molecule has 1 aromatic rings. The number of hydrogen-bond donors (Lipinski definition) is 1. The molecule has 0 saturated carbocycles. The largest absolute Gasteiger partial charge is 0.212 e. The van der Waals surface area contributed by atoms with Gasteiger partial charge in [0.1, 0.15) is 5.82 Å². The van der Waals surface area contributed by atoms with Gasteiger partial charge in [-0.05, 0) is 37.5 Å². The quantitative estimate of drug-likeness (QED) is 0.820. The van der Waals surface area contributed by atoms with Crippen molar-refractivity contribution in [2.45, 2.75) is 26.3 Å². The molecule has 0 aliphatic heterocycles. The van der Waals surface area contributed by atoms with Gasteiger partial charge in [-0.15, -0.1) is 11.6 Å². The number of sulfonamides is 1. The van der Waals surface area contributed by atoms with Crippen molar-refractivity contribution in [1.82, 2.24) is 4.72 Å². The maximum atomic E-state index is 13.4. The Bertz CT molecular complexity index is 505. The number of aryl methyl sites for hydroxylation is 1. The van der Waals surface area contributed by atoms with E-state index in [1.165, 1.54) is 6.07 Å². The third-order valence-electron chi connectivity index (χ3n) is 2.60. The fourth-order valence-electron chi connectivity index (χ4n) is 1.52. The molecule has 1 rings (SSSR count). The zero-order chi connectivity index (χ0) is 13.8. The molecule has 18 heavy (non-hydrogen) atoms. The molecule has 0 radical (unpaired) electrons. The van der Waals surface area contributed by atoms with Gasteiger partial charge in [0, 0.05) is 11.9 Å². The van der Waals surface area contributed by atoms with E-state index in [0.29, 0.717) is 23.4 Å². The van der Waals surface area contributed by atoms with E-state index in [2.05, 4.69) is 4.72 Å². The predicted molar refractivity (Wildman–Crippen MR) is 71.8 cm³/mol. The molecule has 0 bridgehead atoms. The third kappa shape index (κ3) is 4.55. The number of rotatable bonds is 6. The second-order valence-electron chi connectivity index (χ2n) is 4.21. The lowest BCUT2D eigenvalue weighted by Gasteiger charge is -2.15. The van der Waals surface area contributed by atoms with E-state index in [4.69, 9.17) is 11.6 Å². The summed E-state index contributed by atoms with van der Waals surface area (Å²) in [5, 5.41) is 0. The van der Waals surface area contributed by atoms with Crippen molar-refractivity contribution < 1.29 is 12.8 Å². The minimum Gasteiger partial charge on any atom is -0.212 e. The summed E-state index contributed by atoms with van der Waals surface area (Å²) >= 11 is 5.46. The van der Waals surface area contributed by atoms with Crippen molar-refractivity contribution in [2.75, 3.05) is 11.6 Å². The maximum absolute atomic E-state index is 13.4. The van der Waals surface area contributed by atoms with Gasteiger partial charge in [-0.2, -0.15) is 0 Å². The van der Waals surface area contributed by atoms with E-state index in [1.54, 1.807) is 26.0 Å². The molecule has 0 aliphatic rings. The lowest BCUT2D eigenvalue weighted by atomic mass is 10.1. The lowest BCUT2D eigenvalue weighted by molar-refractivity contribution is 0.563. The Labute approximate surface area is 112 Å². The summed E-state index contributed by atoms with van der Waals surface area (Å²) in [7, 11) is -3.37. The van der Waals surface area contributed by atoms with Crippen LogP contribution >= 0.6 is 11.6 Å². The Morgan fingerprint density at radius 1 is 1.44 bits per heavy atom. The molecule has 0 aliphatic carbocycles. The summed E-state index contributed by atoms with van der Waals surface area (Å²) in [5.74, 6) is -0.0526. The number of halogens is 2. The number of nitrogens with one attached hydrogen (secondary N) is 1. The summed E-state index contributed by atoms with van der Waals surface area (Å²) < 4.78 is 39.2. The Morgan fingerprint density at radius 3 is 2.67 bits per heavy atom. The van der Waals surface area contributed by atoms with E-state index in [1.807, 2.05) is 0 Å². The molecule has 0 spiro atoms. The van der Waals surface area contributed by atoms with Crippen LogP contribution in [0, 0.1) is 12.7 Å². The Kier molecular flexibility index (Phi) is 5.56. The van der Waals surface area contributed by atoms with Crippen LogP contribution < -0.4 is 4.72 Å². The third-order valence-corrected chi connectivity index (χ3v) is 4.40. The summed E-state index contributed by atoms with van der Waals surface area (Å²) in [6.45, 7) is 3.34. The zero-order valence-electron chi connectivity index (χ0n) is 10.4. The molecule has 6 heteroatoms. The van der Waals surface area contributed by atoms with Crippen LogP contribution in [0.15, 0.2) is 18.2 Å². The van der Waals surface area contributed by atoms with Gasteiger partial charge in [-0.3, -0.25) is 0 Å².